The molecule has 0 unspecified atom stereocenters. The van der Waals surface area contributed by atoms with Crippen LogP contribution in [0.5, 0.6) is 0 Å². The van der Waals surface area contributed by atoms with Crippen LogP contribution in [0.3, 0.4) is 0 Å². The molecule has 1 aromatic carbocycles. The van der Waals surface area contributed by atoms with Crippen LogP contribution in [-0.2, 0) is 0 Å². The Bertz CT molecular complexity index is 440. The largest absolute Gasteiger partial charge is 0.465 e. The zero-order valence-electron chi connectivity index (χ0n) is 10.6. The number of aliphatic hydroxyl groups excluding tert-OH is 1. The van der Waals surface area contributed by atoms with E-state index < -0.39 is 12.2 Å². The van der Waals surface area contributed by atoms with Crippen molar-refractivity contribution >= 4 is 35.0 Å². The molecule has 6 heteroatoms. The normalized spacial score (nSPS) is 12.2. The summed E-state index contributed by atoms with van der Waals surface area (Å²) < 4.78 is 0. The number of nitrogens with zero attached hydrogens (tertiary/aromatic N) is 1. The van der Waals surface area contributed by atoms with Gasteiger partial charge in [0.25, 0.3) is 0 Å². The molecule has 0 aliphatic carbocycles. The Hall–Kier alpha value is -0.970. The molecule has 1 rings (SSSR count). The minimum absolute atomic E-state index is 0.00329. The summed E-state index contributed by atoms with van der Waals surface area (Å²) in [5.74, 6) is 0. The van der Waals surface area contributed by atoms with Crippen molar-refractivity contribution in [2.24, 2.45) is 0 Å². The van der Waals surface area contributed by atoms with E-state index in [2.05, 4.69) is 0 Å². The first-order valence-electron chi connectivity index (χ1n) is 6.09. The van der Waals surface area contributed by atoms with Gasteiger partial charge in [-0.1, -0.05) is 43.0 Å². The highest BCUT2D eigenvalue weighted by molar-refractivity contribution is 6.36. The van der Waals surface area contributed by atoms with E-state index in [9.17, 15) is 15.0 Å². The molecule has 0 fully saturated rings. The van der Waals surface area contributed by atoms with Crippen LogP contribution in [0.2, 0.25) is 10.0 Å². The van der Waals surface area contributed by atoms with Gasteiger partial charge in [-0.05, 0) is 24.6 Å². The number of amides is 1. The Morgan fingerprint density at radius 2 is 2.11 bits per heavy atom. The van der Waals surface area contributed by atoms with Crippen molar-refractivity contribution in [2.45, 2.75) is 32.3 Å². The second kappa shape index (κ2) is 7.58. The summed E-state index contributed by atoms with van der Waals surface area (Å²) in [4.78, 5) is 12.3. The fourth-order valence-corrected chi connectivity index (χ4v) is 2.23. The topological polar surface area (TPSA) is 60.8 Å². The third-order valence-corrected chi connectivity index (χ3v) is 3.25. The molecule has 0 spiro atoms. The SMILES string of the molecule is CCCC[C@H](O)CN(C(=O)O)c1ccc(Cl)cc1Cl. The van der Waals surface area contributed by atoms with Crippen molar-refractivity contribution in [1.82, 2.24) is 0 Å². The van der Waals surface area contributed by atoms with Crippen molar-refractivity contribution in [3.8, 4) is 0 Å². The summed E-state index contributed by atoms with van der Waals surface area (Å²) in [5.41, 5.74) is 0.328. The lowest BCUT2D eigenvalue weighted by Crippen LogP contribution is -2.36. The summed E-state index contributed by atoms with van der Waals surface area (Å²) in [7, 11) is 0. The van der Waals surface area contributed by atoms with Crippen molar-refractivity contribution in [3.05, 3.63) is 28.2 Å². The maximum Gasteiger partial charge on any atom is 0.411 e. The molecule has 0 bridgehead atoms. The molecular formula is C13H17Cl2NO3. The van der Waals surface area contributed by atoms with E-state index in [-0.39, 0.29) is 11.6 Å². The molecule has 0 saturated heterocycles. The van der Waals surface area contributed by atoms with E-state index in [0.29, 0.717) is 17.1 Å². The quantitative estimate of drug-likeness (QED) is 0.834. The first-order chi connectivity index (χ1) is 8.95. The lowest BCUT2D eigenvalue weighted by molar-refractivity contribution is 0.158. The zero-order valence-corrected chi connectivity index (χ0v) is 12.2. The number of carboxylic acid groups (broad SMARTS) is 1. The fourth-order valence-electron chi connectivity index (χ4n) is 1.72. The third-order valence-electron chi connectivity index (χ3n) is 2.72. The predicted molar refractivity (Wildman–Crippen MR) is 77.4 cm³/mol. The number of anilines is 1. The van der Waals surface area contributed by atoms with Gasteiger partial charge in [0.2, 0.25) is 0 Å². The van der Waals surface area contributed by atoms with Gasteiger partial charge in [0, 0.05) is 5.02 Å². The van der Waals surface area contributed by atoms with Crippen LogP contribution >= 0.6 is 23.2 Å². The minimum atomic E-state index is -1.15. The number of unbranched alkanes of at least 4 members (excludes halogenated alkanes) is 1. The highest BCUT2D eigenvalue weighted by Gasteiger charge is 2.20. The highest BCUT2D eigenvalue weighted by Crippen LogP contribution is 2.29. The van der Waals surface area contributed by atoms with Crippen LogP contribution < -0.4 is 4.90 Å². The molecule has 106 valence electrons. The molecule has 0 radical (unpaired) electrons. The summed E-state index contributed by atoms with van der Waals surface area (Å²) in [6.45, 7) is 2.01. The molecule has 0 heterocycles. The number of halogens is 2. The standard InChI is InChI=1S/C13H17Cl2NO3/c1-2-3-4-10(17)8-16(13(18)19)12-6-5-9(14)7-11(12)15/h5-7,10,17H,2-4,8H2,1H3,(H,18,19)/t10-/m0/s1. The minimum Gasteiger partial charge on any atom is -0.465 e. The van der Waals surface area contributed by atoms with Crippen LogP contribution in [0, 0.1) is 0 Å². The van der Waals surface area contributed by atoms with Crippen molar-refractivity contribution in [1.29, 1.82) is 0 Å². The van der Waals surface area contributed by atoms with Gasteiger partial charge in [0.15, 0.2) is 0 Å². The van der Waals surface area contributed by atoms with Gasteiger partial charge in [-0.2, -0.15) is 0 Å². The van der Waals surface area contributed by atoms with Gasteiger partial charge in [-0.25, -0.2) is 4.79 Å². The molecule has 1 aromatic rings. The van der Waals surface area contributed by atoms with Gasteiger partial charge in [-0.15, -0.1) is 0 Å². The molecule has 2 N–H and O–H groups in total. The lowest BCUT2D eigenvalue weighted by atomic mass is 10.1. The maximum absolute atomic E-state index is 11.3. The summed E-state index contributed by atoms with van der Waals surface area (Å²) in [6, 6.07) is 4.58. The Kier molecular flexibility index (Phi) is 6.42. The van der Waals surface area contributed by atoms with Gasteiger partial charge >= 0.3 is 6.09 Å². The second-order valence-electron chi connectivity index (χ2n) is 4.28. The zero-order chi connectivity index (χ0) is 14.4. The van der Waals surface area contributed by atoms with Crippen molar-refractivity contribution in [2.75, 3.05) is 11.4 Å². The Balaban J connectivity index is 2.85. The average molecular weight is 306 g/mol. The first-order valence-corrected chi connectivity index (χ1v) is 6.84. The molecule has 19 heavy (non-hydrogen) atoms. The molecule has 1 atom stereocenters. The summed E-state index contributed by atoms with van der Waals surface area (Å²) in [5, 5.41) is 19.7. The van der Waals surface area contributed by atoms with E-state index >= 15 is 0 Å². The lowest BCUT2D eigenvalue weighted by Gasteiger charge is -2.23. The average Bonchev–Trinajstić information content (AvgIpc) is 2.34. The van der Waals surface area contributed by atoms with Crippen LogP contribution in [0.1, 0.15) is 26.2 Å². The molecule has 0 saturated carbocycles. The number of hydrogen-bond acceptors (Lipinski definition) is 2. The number of hydrogen-bond donors (Lipinski definition) is 2. The molecule has 1 amide bonds. The molecule has 0 aromatic heterocycles. The number of aliphatic hydroxyl groups is 1. The third kappa shape index (κ3) is 4.90. The van der Waals surface area contributed by atoms with Crippen molar-refractivity contribution < 1.29 is 15.0 Å². The van der Waals surface area contributed by atoms with E-state index in [1.807, 2.05) is 6.92 Å². The Labute approximate surface area is 122 Å². The number of carbonyl (C=O) groups is 1. The smallest absolute Gasteiger partial charge is 0.411 e. The maximum atomic E-state index is 11.3. The van der Waals surface area contributed by atoms with Crippen LogP contribution in [0.25, 0.3) is 0 Å². The van der Waals surface area contributed by atoms with Crippen LogP contribution in [0.4, 0.5) is 10.5 Å². The van der Waals surface area contributed by atoms with E-state index in [1.54, 1.807) is 6.07 Å². The summed E-state index contributed by atoms with van der Waals surface area (Å²) >= 11 is 11.8. The van der Waals surface area contributed by atoms with Gasteiger partial charge in [0.1, 0.15) is 0 Å². The summed E-state index contributed by atoms with van der Waals surface area (Å²) in [6.07, 6.45) is 0.503. The van der Waals surface area contributed by atoms with E-state index in [0.717, 1.165) is 17.7 Å². The first kappa shape index (κ1) is 16.1. The van der Waals surface area contributed by atoms with Gasteiger partial charge in [-0.3, -0.25) is 4.90 Å². The van der Waals surface area contributed by atoms with Crippen molar-refractivity contribution in [3.63, 3.8) is 0 Å². The molecule has 4 nitrogen and oxygen atoms in total. The number of benzene rings is 1. The molecular weight excluding hydrogens is 289 g/mol. The van der Waals surface area contributed by atoms with E-state index in [1.165, 1.54) is 12.1 Å². The predicted octanol–water partition coefficient (Wildman–Crippen LogP) is 4.03. The Morgan fingerprint density at radius 3 is 2.63 bits per heavy atom. The van der Waals surface area contributed by atoms with Crippen LogP contribution in [-0.4, -0.2) is 29.0 Å². The monoisotopic (exact) mass is 305 g/mol. The molecule has 0 aliphatic heterocycles. The molecule has 0 aliphatic rings. The fraction of sp³-hybridized carbons (Fsp3) is 0.462. The number of rotatable bonds is 6. The van der Waals surface area contributed by atoms with Crippen LogP contribution in [0.15, 0.2) is 18.2 Å². The van der Waals surface area contributed by atoms with Gasteiger partial charge < -0.3 is 10.2 Å². The Morgan fingerprint density at radius 1 is 1.42 bits per heavy atom. The highest BCUT2D eigenvalue weighted by atomic mass is 35.5. The second-order valence-corrected chi connectivity index (χ2v) is 5.13. The van der Waals surface area contributed by atoms with Gasteiger partial charge in [0.05, 0.1) is 23.4 Å². The van der Waals surface area contributed by atoms with E-state index in [4.69, 9.17) is 23.2 Å².